The highest BCUT2D eigenvalue weighted by molar-refractivity contribution is 5.90. The van der Waals surface area contributed by atoms with Gasteiger partial charge in [0.25, 0.3) is 5.91 Å². The van der Waals surface area contributed by atoms with Gasteiger partial charge in [-0.05, 0) is 18.9 Å². The van der Waals surface area contributed by atoms with Crippen molar-refractivity contribution in [3.05, 3.63) is 35.9 Å². The molecular formula is C17H25NO4. The molecule has 1 amide bonds. The summed E-state index contributed by atoms with van der Waals surface area (Å²) >= 11 is 0. The van der Waals surface area contributed by atoms with Crippen LogP contribution in [0, 0.1) is 0 Å². The van der Waals surface area contributed by atoms with Gasteiger partial charge in [-0.25, -0.2) is 4.79 Å². The summed E-state index contributed by atoms with van der Waals surface area (Å²) in [6.45, 7) is 3.78. The topological polar surface area (TPSA) is 64.6 Å². The van der Waals surface area contributed by atoms with Gasteiger partial charge in [-0.1, -0.05) is 50.1 Å². The van der Waals surface area contributed by atoms with Crippen molar-refractivity contribution >= 4 is 11.9 Å². The second kappa shape index (κ2) is 8.54. The number of unbranched alkanes of at least 4 members (excludes halogenated alkanes) is 1. The quantitative estimate of drug-likeness (QED) is 0.750. The van der Waals surface area contributed by atoms with Gasteiger partial charge in [-0.3, -0.25) is 4.79 Å². The van der Waals surface area contributed by atoms with Gasteiger partial charge in [0.15, 0.2) is 6.04 Å². The lowest BCUT2D eigenvalue weighted by atomic mass is 9.96. The van der Waals surface area contributed by atoms with E-state index in [2.05, 4.69) is 12.2 Å². The summed E-state index contributed by atoms with van der Waals surface area (Å²) in [6, 6.07) is 8.18. The van der Waals surface area contributed by atoms with Crippen molar-refractivity contribution < 1.29 is 19.1 Å². The minimum absolute atomic E-state index is 0.317. The first-order valence-corrected chi connectivity index (χ1v) is 7.47. The molecule has 1 aromatic rings. The highest BCUT2D eigenvalue weighted by Gasteiger charge is 2.35. The van der Waals surface area contributed by atoms with Crippen molar-refractivity contribution in [1.82, 2.24) is 5.32 Å². The molecule has 0 bridgehead atoms. The van der Waals surface area contributed by atoms with E-state index in [-0.39, 0.29) is 5.91 Å². The van der Waals surface area contributed by atoms with Crippen molar-refractivity contribution in [3.63, 3.8) is 0 Å². The number of hydrogen-bond acceptors (Lipinski definition) is 4. The molecule has 0 saturated heterocycles. The maximum atomic E-state index is 12.6. The minimum atomic E-state index is -0.961. The number of benzene rings is 1. The van der Waals surface area contributed by atoms with E-state index < -0.39 is 17.6 Å². The zero-order chi connectivity index (χ0) is 16.6. The van der Waals surface area contributed by atoms with Crippen LogP contribution in [-0.2, 0) is 19.1 Å². The number of esters is 1. The molecule has 0 unspecified atom stereocenters. The fourth-order valence-corrected chi connectivity index (χ4v) is 2.15. The molecule has 1 aromatic carbocycles. The molecule has 5 nitrogen and oxygen atoms in total. The van der Waals surface area contributed by atoms with Crippen LogP contribution in [-0.4, -0.2) is 31.7 Å². The molecule has 5 heteroatoms. The van der Waals surface area contributed by atoms with Gasteiger partial charge in [0.2, 0.25) is 0 Å². The lowest BCUT2D eigenvalue weighted by molar-refractivity contribution is -0.151. The zero-order valence-corrected chi connectivity index (χ0v) is 13.7. The van der Waals surface area contributed by atoms with E-state index >= 15 is 0 Å². The summed E-state index contributed by atoms with van der Waals surface area (Å²) in [5, 5.41) is 2.75. The number of rotatable bonds is 8. The van der Waals surface area contributed by atoms with Crippen molar-refractivity contribution in [1.29, 1.82) is 0 Å². The van der Waals surface area contributed by atoms with Gasteiger partial charge in [0.05, 0.1) is 7.11 Å². The highest BCUT2D eigenvalue weighted by atomic mass is 16.5. The summed E-state index contributed by atoms with van der Waals surface area (Å²) in [4.78, 5) is 24.6. The molecule has 1 N–H and O–H groups in total. The molecule has 1 rings (SSSR count). The number of methoxy groups -OCH3 is 2. The van der Waals surface area contributed by atoms with Crippen LogP contribution in [0.5, 0.6) is 0 Å². The molecule has 2 atom stereocenters. The Morgan fingerprint density at radius 1 is 1.23 bits per heavy atom. The van der Waals surface area contributed by atoms with Gasteiger partial charge in [0, 0.05) is 7.11 Å². The molecule has 0 radical (unpaired) electrons. The summed E-state index contributed by atoms with van der Waals surface area (Å²) in [6.07, 6.45) is 2.42. The number of carbonyl (C=O) groups excluding carboxylic acids is 2. The number of carbonyl (C=O) groups is 2. The van der Waals surface area contributed by atoms with E-state index in [0.29, 0.717) is 12.0 Å². The molecule has 0 spiro atoms. The molecule has 22 heavy (non-hydrogen) atoms. The maximum absolute atomic E-state index is 12.6. The first-order valence-electron chi connectivity index (χ1n) is 7.47. The molecule has 0 saturated carbocycles. The third-order valence-electron chi connectivity index (χ3n) is 3.78. The SMILES string of the molecule is CCCC[C@](C)(OC)C(=O)N[C@H](C(=O)OC)c1ccccc1. The number of amides is 1. The molecule has 0 aliphatic carbocycles. The van der Waals surface area contributed by atoms with Crippen LogP contribution in [0.1, 0.15) is 44.7 Å². The van der Waals surface area contributed by atoms with Gasteiger partial charge in [-0.2, -0.15) is 0 Å². The molecule has 0 aliphatic rings. The first kappa shape index (κ1) is 18.2. The maximum Gasteiger partial charge on any atom is 0.333 e. The summed E-state index contributed by atoms with van der Waals surface area (Å²) < 4.78 is 10.2. The van der Waals surface area contributed by atoms with Crippen molar-refractivity contribution in [2.24, 2.45) is 0 Å². The summed E-state index contributed by atoms with van der Waals surface area (Å²) in [5.41, 5.74) is -0.284. The Bertz CT molecular complexity index is 489. The largest absolute Gasteiger partial charge is 0.467 e. The van der Waals surface area contributed by atoms with Crippen LogP contribution in [0.15, 0.2) is 30.3 Å². The average Bonchev–Trinajstić information content (AvgIpc) is 2.57. The van der Waals surface area contributed by atoms with Crippen LogP contribution >= 0.6 is 0 Å². The van der Waals surface area contributed by atoms with Gasteiger partial charge >= 0.3 is 5.97 Å². The van der Waals surface area contributed by atoms with E-state index in [9.17, 15) is 9.59 Å². The van der Waals surface area contributed by atoms with Crippen LogP contribution in [0.3, 0.4) is 0 Å². The normalized spacial score (nSPS) is 14.7. The molecular weight excluding hydrogens is 282 g/mol. The van der Waals surface area contributed by atoms with Gasteiger partial charge in [0.1, 0.15) is 5.60 Å². The van der Waals surface area contributed by atoms with Crippen LogP contribution in [0.25, 0.3) is 0 Å². The second-order valence-electron chi connectivity index (χ2n) is 5.38. The Kier molecular flexibility index (Phi) is 7.05. The van der Waals surface area contributed by atoms with E-state index in [0.717, 1.165) is 12.8 Å². The Balaban J connectivity index is 2.94. The molecule has 0 fully saturated rings. The Morgan fingerprint density at radius 3 is 2.36 bits per heavy atom. The molecule has 0 aromatic heterocycles. The Labute approximate surface area is 132 Å². The van der Waals surface area contributed by atoms with E-state index in [4.69, 9.17) is 9.47 Å². The lowest BCUT2D eigenvalue weighted by Crippen LogP contribution is -2.48. The predicted octanol–water partition coefficient (Wildman–Crippen LogP) is 2.61. The summed E-state index contributed by atoms with van der Waals surface area (Å²) in [5.74, 6) is -0.823. The number of hydrogen-bond donors (Lipinski definition) is 1. The third-order valence-corrected chi connectivity index (χ3v) is 3.78. The van der Waals surface area contributed by atoms with E-state index in [1.54, 1.807) is 19.1 Å². The van der Waals surface area contributed by atoms with Crippen molar-refractivity contribution in [2.45, 2.75) is 44.8 Å². The third kappa shape index (κ3) is 4.56. The van der Waals surface area contributed by atoms with Crippen molar-refractivity contribution in [2.75, 3.05) is 14.2 Å². The lowest BCUT2D eigenvalue weighted by Gasteiger charge is -2.29. The van der Waals surface area contributed by atoms with Crippen molar-refractivity contribution in [3.8, 4) is 0 Å². The first-order chi connectivity index (χ1) is 10.5. The predicted molar refractivity (Wildman–Crippen MR) is 84.3 cm³/mol. The molecule has 0 aliphatic heterocycles. The number of ether oxygens (including phenoxy) is 2. The average molecular weight is 307 g/mol. The van der Waals surface area contributed by atoms with Gasteiger partial charge in [-0.15, -0.1) is 0 Å². The smallest absolute Gasteiger partial charge is 0.333 e. The summed E-state index contributed by atoms with van der Waals surface area (Å²) in [7, 11) is 2.81. The number of nitrogens with one attached hydrogen (secondary N) is 1. The van der Waals surface area contributed by atoms with Gasteiger partial charge < -0.3 is 14.8 Å². The Morgan fingerprint density at radius 2 is 1.86 bits per heavy atom. The minimum Gasteiger partial charge on any atom is -0.467 e. The van der Waals surface area contributed by atoms with Crippen LogP contribution in [0.2, 0.25) is 0 Å². The van der Waals surface area contributed by atoms with Crippen LogP contribution in [0.4, 0.5) is 0 Å². The second-order valence-corrected chi connectivity index (χ2v) is 5.38. The van der Waals surface area contributed by atoms with Crippen LogP contribution < -0.4 is 5.32 Å². The van der Waals surface area contributed by atoms with E-state index in [1.165, 1.54) is 14.2 Å². The standard InChI is InChI=1S/C17H25NO4/c1-5-6-12-17(2,22-4)16(20)18-14(15(19)21-3)13-10-8-7-9-11-13/h7-11,14H,5-6,12H2,1-4H3,(H,18,20)/t14-,17-/m0/s1. The molecule has 122 valence electrons. The fraction of sp³-hybridized carbons (Fsp3) is 0.529. The van der Waals surface area contributed by atoms with E-state index in [1.807, 2.05) is 18.2 Å². The monoisotopic (exact) mass is 307 g/mol. The zero-order valence-electron chi connectivity index (χ0n) is 13.7. The fourth-order valence-electron chi connectivity index (χ4n) is 2.15. The molecule has 0 heterocycles. The highest BCUT2D eigenvalue weighted by Crippen LogP contribution is 2.21. The Hall–Kier alpha value is -1.88.